The van der Waals surface area contributed by atoms with Gasteiger partial charge in [0.2, 0.25) is 5.78 Å². The third-order valence-electron chi connectivity index (χ3n) is 3.35. The minimum absolute atomic E-state index is 0.0570. The zero-order valence-electron chi connectivity index (χ0n) is 10.3. The predicted octanol–water partition coefficient (Wildman–Crippen LogP) is 2.67. The highest BCUT2D eigenvalue weighted by molar-refractivity contribution is 6.09. The number of Topliss-reactive ketones (excluding diaryl/α,β-unsaturated/α-hetero) is 1. The maximum absolute atomic E-state index is 12.1. The van der Waals surface area contributed by atoms with Crippen LogP contribution in [0.15, 0.2) is 0 Å². The van der Waals surface area contributed by atoms with Crippen molar-refractivity contribution < 1.29 is 14.6 Å². The lowest BCUT2D eigenvalue weighted by molar-refractivity contribution is 0.0683. The first-order valence-electron chi connectivity index (χ1n) is 5.34. The van der Waals surface area contributed by atoms with Crippen molar-refractivity contribution in [1.82, 2.24) is 0 Å². The Bertz CT molecular complexity index is 499. The third kappa shape index (κ3) is 1.17. The van der Waals surface area contributed by atoms with Crippen molar-refractivity contribution in [1.29, 1.82) is 0 Å². The maximum atomic E-state index is 12.1. The number of phenols is 1. The van der Waals surface area contributed by atoms with Crippen LogP contribution in [-0.2, 0) is 0 Å². The molecule has 1 aromatic rings. The van der Waals surface area contributed by atoms with E-state index in [0.29, 0.717) is 16.9 Å². The fraction of sp³-hybridized carbons (Fsp3) is 0.462. The maximum Gasteiger partial charge on any atom is 0.209 e. The molecule has 0 spiro atoms. The van der Waals surface area contributed by atoms with E-state index in [1.54, 1.807) is 20.8 Å². The molecule has 0 bridgehead atoms. The Balaban J connectivity index is 2.82. The summed E-state index contributed by atoms with van der Waals surface area (Å²) in [6, 6.07) is 0. The van der Waals surface area contributed by atoms with Crippen molar-refractivity contribution in [2.24, 2.45) is 0 Å². The Morgan fingerprint density at radius 3 is 2.19 bits per heavy atom. The van der Waals surface area contributed by atoms with E-state index >= 15 is 0 Å². The van der Waals surface area contributed by atoms with Gasteiger partial charge in [-0.25, -0.2) is 0 Å². The van der Waals surface area contributed by atoms with Crippen molar-refractivity contribution >= 4 is 5.78 Å². The molecule has 1 aliphatic heterocycles. The molecule has 3 heteroatoms. The van der Waals surface area contributed by atoms with Crippen LogP contribution in [0, 0.1) is 20.8 Å². The largest absolute Gasteiger partial charge is 0.507 e. The second kappa shape index (κ2) is 3.00. The zero-order valence-corrected chi connectivity index (χ0v) is 10.3. The van der Waals surface area contributed by atoms with E-state index in [1.165, 1.54) is 0 Å². The van der Waals surface area contributed by atoms with E-state index in [0.717, 1.165) is 11.1 Å². The van der Waals surface area contributed by atoms with Gasteiger partial charge < -0.3 is 9.84 Å². The number of rotatable bonds is 0. The summed E-state index contributed by atoms with van der Waals surface area (Å²) in [5.41, 5.74) is 1.95. The smallest absolute Gasteiger partial charge is 0.209 e. The van der Waals surface area contributed by atoms with Crippen LogP contribution >= 0.6 is 0 Å². The summed E-state index contributed by atoms with van der Waals surface area (Å²) in [5.74, 6) is 0.770. The SMILES string of the molecule is Cc1c(C)c2c(c(C)c1O)C(=O)C(C)(C)O2. The lowest BCUT2D eigenvalue weighted by Crippen LogP contribution is -2.32. The molecule has 1 N–H and O–H groups in total. The molecule has 0 atom stereocenters. The normalized spacial score (nSPS) is 17.2. The molecule has 1 heterocycles. The number of carbonyl (C=O) groups excluding carboxylic acids is 1. The van der Waals surface area contributed by atoms with Gasteiger partial charge in [0.15, 0.2) is 5.60 Å². The molecule has 1 aromatic carbocycles. The van der Waals surface area contributed by atoms with Gasteiger partial charge >= 0.3 is 0 Å². The number of phenolic OH excluding ortho intramolecular Hbond substituents is 1. The van der Waals surface area contributed by atoms with Gasteiger partial charge in [-0.2, -0.15) is 0 Å². The molecular weight excluding hydrogens is 204 g/mol. The van der Waals surface area contributed by atoms with E-state index in [4.69, 9.17) is 4.74 Å². The van der Waals surface area contributed by atoms with Crippen molar-refractivity contribution in [2.45, 2.75) is 40.2 Å². The number of hydrogen-bond donors (Lipinski definition) is 1. The van der Waals surface area contributed by atoms with Crippen LogP contribution in [0.5, 0.6) is 11.5 Å². The fourth-order valence-corrected chi connectivity index (χ4v) is 2.11. The number of fused-ring (bicyclic) bond motifs is 1. The highest BCUT2D eigenvalue weighted by Gasteiger charge is 2.42. The van der Waals surface area contributed by atoms with Crippen LogP contribution < -0.4 is 4.74 Å². The molecule has 0 radical (unpaired) electrons. The second-order valence-corrected chi connectivity index (χ2v) is 4.87. The quantitative estimate of drug-likeness (QED) is 0.731. The Morgan fingerprint density at radius 2 is 1.62 bits per heavy atom. The number of carbonyl (C=O) groups is 1. The Hall–Kier alpha value is -1.51. The molecule has 86 valence electrons. The molecule has 1 aliphatic rings. The van der Waals surface area contributed by atoms with Gasteiger partial charge in [-0.15, -0.1) is 0 Å². The van der Waals surface area contributed by atoms with Crippen LogP contribution in [0.3, 0.4) is 0 Å². The minimum Gasteiger partial charge on any atom is -0.507 e. The van der Waals surface area contributed by atoms with E-state index < -0.39 is 5.60 Å². The van der Waals surface area contributed by atoms with Crippen LogP contribution in [0.25, 0.3) is 0 Å². The van der Waals surface area contributed by atoms with Crippen LogP contribution in [-0.4, -0.2) is 16.5 Å². The van der Waals surface area contributed by atoms with E-state index in [9.17, 15) is 9.90 Å². The average molecular weight is 220 g/mol. The molecule has 0 saturated carbocycles. The molecule has 3 nitrogen and oxygen atoms in total. The molecule has 0 aliphatic carbocycles. The summed E-state index contributed by atoms with van der Waals surface area (Å²) in [5, 5.41) is 9.93. The van der Waals surface area contributed by atoms with Gasteiger partial charge in [0.25, 0.3) is 0 Å². The summed E-state index contributed by atoms with van der Waals surface area (Å²) < 4.78 is 5.69. The number of benzene rings is 1. The number of hydrogen-bond acceptors (Lipinski definition) is 3. The van der Waals surface area contributed by atoms with Crippen LogP contribution in [0.1, 0.15) is 40.9 Å². The first kappa shape index (κ1) is 11.0. The summed E-state index contributed by atoms with van der Waals surface area (Å²) in [4.78, 5) is 12.1. The molecule has 0 fully saturated rings. The van der Waals surface area contributed by atoms with Crippen molar-refractivity contribution in [3.63, 3.8) is 0 Å². The highest BCUT2D eigenvalue weighted by Crippen LogP contribution is 2.44. The second-order valence-electron chi connectivity index (χ2n) is 4.87. The lowest BCUT2D eigenvalue weighted by atomic mass is 9.92. The number of ketones is 1. The number of ether oxygens (including phenoxy) is 1. The third-order valence-corrected chi connectivity index (χ3v) is 3.35. The van der Waals surface area contributed by atoms with Crippen molar-refractivity contribution in [2.75, 3.05) is 0 Å². The summed E-state index contributed by atoms with van der Waals surface area (Å²) in [6.07, 6.45) is 0. The van der Waals surface area contributed by atoms with Crippen LogP contribution in [0.4, 0.5) is 0 Å². The van der Waals surface area contributed by atoms with Gasteiger partial charge in [0, 0.05) is 5.56 Å². The van der Waals surface area contributed by atoms with Gasteiger partial charge in [-0.1, -0.05) is 0 Å². The fourth-order valence-electron chi connectivity index (χ4n) is 2.11. The van der Waals surface area contributed by atoms with E-state index in [1.807, 2.05) is 13.8 Å². The van der Waals surface area contributed by atoms with Crippen molar-refractivity contribution in [3.05, 3.63) is 22.3 Å². The monoisotopic (exact) mass is 220 g/mol. The first-order chi connectivity index (χ1) is 7.27. The molecule has 0 aromatic heterocycles. The van der Waals surface area contributed by atoms with Gasteiger partial charge in [0.05, 0.1) is 5.56 Å². The van der Waals surface area contributed by atoms with Gasteiger partial charge in [-0.3, -0.25) is 4.79 Å². The summed E-state index contributed by atoms with van der Waals surface area (Å²) in [6.45, 7) is 8.95. The molecule has 0 amide bonds. The van der Waals surface area contributed by atoms with Gasteiger partial charge in [0.1, 0.15) is 11.5 Å². The Morgan fingerprint density at radius 1 is 1.06 bits per heavy atom. The minimum atomic E-state index is -0.821. The topological polar surface area (TPSA) is 46.5 Å². The highest BCUT2D eigenvalue weighted by atomic mass is 16.5. The first-order valence-corrected chi connectivity index (χ1v) is 5.34. The van der Waals surface area contributed by atoms with Gasteiger partial charge in [-0.05, 0) is 45.7 Å². The molecule has 16 heavy (non-hydrogen) atoms. The Kier molecular flexibility index (Phi) is 2.06. The average Bonchev–Trinajstić information content (AvgIpc) is 2.45. The van der Waals surface area contributed by atoms with E-state index in [2.05, 4.69) is 0 Å². The van der Waals surface area contributed by atoms with Crippen LogP contribution in [0.2, 0.25) is 0 Å². The molecule has 2 rings (SSSR count). The summed E-state index contributed by atoms with van der Waals surface area (Å²) >= 11 is 0. The Labute approximate surface area is 95.0 Å². The lowest BCUT2D eigenvalue weighted by Gasteiger charge is -2.16. The number of aromatic hydroxyl groups is 1. The standard InChI is InChI=1S/C13H16O3/c1-6-7(2)11-9(8(3)10(6)14)12(15)13(4,5)16-11/h14H,1-5H3. The molecule has 0 saturated heterocycles. The molecular formula is C13H16O3. The predicted molar refractivity (Wildman–Crippen MR) is 61.4 cm³/mol. The summed E-state index contributed by atoms with van der Waals surface area (Å²) in [7, 11) is 0. The van der Waals surface area contributed by atoms with E-state index in [-0.39, 0.29) is 11.5 Å². The van der Waals surface area contributed by atoms with Crippen molar-refractivity contribution in [3.8, 4) is 11.5 Å². The zero-order chi connectivity index (χ0) is 12.2. The molecule has 0 unspecified atom stereocenters.